The van der Waals surface area contributed by atoms with E-state index < -0.39 is 0 Å². The molecule has 0 radical (unpaired) electrons. The van der Waals surface area contributed by atoms with E-state index in [0.717, 1.165) is 24.6 Å². The largest absolute Gasteiger partial charge is 0.491 e. The third-order valence-electron chi connectivity index (χ3n) is 3.51. The van der Waals surface area contributed by atoms with E-state index in [9.17, 15) is 0 Å². The van der Waals surface area contributed by atoms with Crippen molar-refractivity contribution in [3.63, 3.8) is 0 Å². The van der Waals surface area contributed by atoms with Crippen molar-refractivity contribution in [2.45, 2.75) is 6.54 Å². The van der Waals surface area contributed by atoms with Gasteiger partial charge >= 0.3 is 0 Å². The summed E-state index contributed by atoms with van der Waals surface area (Å²) in [6.45, 7) is 2.41. The fraction of sp³-hybridized carbons (Fsp3) is 0.294. The van der Waals surface area contributed by atoms with Crippen LogP contribution in [0.2, 0.25) is 10.0 Å². The molecule has 23 heavy (non-hydrogen) atoms. The smallest absolute Gasteiger partial charge is 0.231 e. The average Bonchev–Trinajstić information content (AvgIpc) is 2.97. The molecule has 4 nitrogen and oxygen atoms in total. The number of halogens is 2. The van der Waals surface area contributed by atoms with Gasteiger partial charge in [-0.2, -0.15) is 0 Å². The molecule has 0 spiro atoms. The van der Waals surface area contributed by atoms with E-state index in [2.05, 4.69) is 4.90 Å². The number of likely N-dealkylation sites (N-methyl/N-ethyl adjacent to an activating group) is 1. The van der Waals surface area contributed by atoms with E-state index >= 15 is 0 Å². The maximum absolute atomic E-state index is 6.08. The molecule has 0 unspecified atom stereocenters. The van der Waals surface area contributed by atoms with Gasteiger partial charge in [-0.25, -0.2) is 0 Å². The molecule has 0 saturated heterocycles. The minimum Gasteiger partial charge on any atom is -0.491 e. The number of hydrogen-bond donors (Lipinski definition) is 0. The first-order chi connectivity index (χ1) is 11.1. The molecule has 0 aliphatic carbocycles. The highest BCUT2D eigenvalue weighted by molar-refractivity contribution is 6.35. The molecule has 0 atom stereocenters. The molecule has 1 aliphatic heterocycles. The maximum Gasteiger partial charge on any atom is 0.231 e. The number of nitrogens with zero attached hydrogens (tertiary/aromatic N) is 1. The Hall–Kier alpha value is -1.62. The maximum atomic E-state index is 6.08. The highest BCUT2D eigenvalue weighted by Crippen LogP contribution is 2.32. The lowest BCUT2D eigenvalue weighted by molar-refractivity contribution is 0.174. The Kier molecular flexibility index (Phi) is 5.16. The monoisotopic (exact) mass is 353 g/mol. The molecule has 1 aliphatic rings. The van der Waals surface area contributed by atoms with Crippen molar-refractivity contribution in [3.05, 3.63) is 52.0 Å². The highest BCUT2D eigenvalue weighted by Gasteiger charge is 2.13. The Morgan fingerprint density at radius 3 is 2.74 bits per heavy atom. The zero-order valence-corrected chi connectivity index (χ0v) is 14.2. The zero-order valence-electron chi connectivity index (χ0n) is 12.7. The molecule has 0 aromatic heterocycles. The van der Waals surface area contributed by atoms with Crippen molar-refractivity contribution in [2.24, 2.45) is 0 Å². The van der Waals surface area contributed by atoms with Gasteiger partial charge in [0.2, 0.25) is 6.79 Å². The lowest BCUT2D eigenvalue weighted by Crippen LogP contribution is -2.23. The lowest BCUT2D eigenvalue weighted by Gasteiger charge is -2.17. The molecule has 0 amide bonds. The molecule has 6 heteroatoms. The van der Waals surface area contributed by atoms with Crippen LogP contribution in [0.3, 0.4) is 0 Å². The van der Waals surface area contributed by atoms with Crippen molar-refractivity contribution in [1.82, 2.24) is 4.90 Å². The van der Waals surface area contributed by atoms with Crippen molar-refractivity contribution >= 4 is 23.2 Å². The molecule has 0 bridgehead atoms. The second kappa shape index (κ2) is 7.30. The van der Waals surface area contributed by atoms with Gasteiger partial charge < -0.3 is 14.2 Å². The second-order valence-corrected chi connectivity index (χ2v) is 6.19. The van der Waals surface area contributed by atoms with Crippen LogP contribution in [0.5, 0.6) is 17.2 Å². The van der Waals surface area contributed by atoms with Gasteiger partial charge in [-0.3, -0.25) is 4.90 Å². The predicted molar refractivity (Wildman–Crippen MR) is 90.9 cm³/mol. The van der Waals surface area contributed by atoms with Crippen LogP contribution in [0.15, 0.2) is 36.4 Å². The van der Waals surface area contributed by atoms with Crippen LogP contribution in [0.4, 0.5) is 0 Å². The molecular formula is C17H17Cl2NO3. The Labute approximate surface area is 145 Å². The van der Waals surface area contributed by atoms with E-state index in [1.54, 1.807) is 18.2 Å². The summed E-state index contributed by atoms with van der Waals surface area (Å²) in [5, 5.41) is 1.12. The Balaban J connectivity index is 1.49. The van der Waals surface area contributed by atoms with Crippen molar-refractivity contribution < 1.29 is 14.2 Å². The van der Waals surface area contributed by atoms with Crippen LogP contribution in [0.25, 0.3) is 0 Å². The van der Waals surface area contributed by atoms with Crippen molar-refractivity contribution in [3.8, 4) is 17.2 Å². The first-order valence-electron chi connectivity index (χ1n) is 7.27. The minimum atomic E-state index is 0.296. The molecular weight excluding hydrogens is 337 g/mol. The van der Waals surface area contributed by atoms with E-state index in [1.165, 1.54) is 5.56 Å². The highest BCUT2D eigenvalue weighted by atomic mass is 35.5. The fourth-order valence-corrected chi connectivity index (χ4v) is 2.80. The summed E-state index contributed by atoms with van der Waals surface area (Å²) in [5.41, 5.74) is 1.17. The molecule has 3 rings (SSSR count). The summed E-state index contributed by atoms with van der Waals surface area (Å²) in [6.07, 6.45) is 0. The summed E-state index contributed by atoms with van der Waals surface area (Å²) in [5.74, 6) is 2.25. The zero-order chi connectivity index (χ0) is 16.2. The first-order valence-corrected chi connectivity index (χ1v) is 8.02. The first kappa shape index (κ1) is 16.2. The summed E-state index contributed by atoms with van der Waals surface area (Å²) >= 11 is 11.9. The van der Waals surface area contributed by atoms with Gasteiger partial charge in [0.05, 0.1) is 5.02 Å². The number of fused-ring (bicyclic) bond motifs is 1. The normalized spacial score (nSPS) is 12.7. The molecule has 2 aromatic carbocycles. The second-order valence-electron chi connectivity index (χ2n) is 5.35. The summed E-state index contributed by atoms with van der Waals surface area (Å²) in [7, 11) is 2.04. The van der Waals surface area contributed by atoms with Gasteiger partial charge in [0, 0.05) is 18.1 Å². The lowest BCUT2D eigenvalue weighted by atomic mass is 10.2. The standard InChI is InChI=1S/C17H17Cl2NO3/c1-20(6-7-21-15-5-3-13(18)9-14(15)19)10-12-2-4-16-17(8-12)23-11-22-16/h2-5,8-9H,6-7,10-11H2,1H3. The van der Waals surface area contributed by atoms with Gasteiger partial charge in [0.1, 0.15) is 12.4 Å². The number of benzene rings is 2. The number of hydrogen-bond acceptors (Lipinski definition) is 4. The molecule has 0 N–H and O–H groups in total. The molecule has 0 saturated carbocycles. The minimum absolute atomic E-state index is 0.296. The SMILES string of the molecule is CN(CCOc1ccc(Cl)cc1Cl)Cc1ccc2c(c1)OCO2. The van der Waals surface area contributed by atoms with Crippen LogP contribution in [-0.4, -0.2) is 31.9 Å². The summed E-state index contributed by atoms with van der Waals surface area (Å²) in [4.78, 5) is 2.17. The third-order valence-corrected chi connectivity index (χ3v) is 4.04. The van der Waals surface area contributed by atoms with E-state index in [-0.39, 0.29) is 0 Å². The van der Waals surface area contributed by atoms with Crippen LogP contribution in [-0.2, 0) is 6.54 Å². The topological polar surface area (TPSA) is 30.9 Å². The van der Waals surface area contributed by atoms with Gasteiger partial charge in [-0.05, 0) is 42.9 Å². The number of rotatable bonds is 6. The van der Waals surface area contributed by atoms with Gasteiger partial charge in [-0.1, -0.05) is 29.3 Å². The van der Waals surface area contributed by atoms with Crippen molar-refractivity contribution in [2.75, 3.05) is 27.0 Å². The molecule has 2 aromatic rings. The Morgan fingerprint density at radius 1 is 1.09 bits per heavy atom. The van der Waals surface area contributed by atoms with Gasteiger partial charge in [0.15, 0.2) is 11.5 Å². The van der Waals surface area contributed by atoms with Gasteiger partial charge in [-0.15, -0.1) is 0 Å². The van der Waals surface area contributed by atoms with E-state index in [0.29, 0.717) is 29.2 Å². The van der Waals surface area contributed by atoms with Crippen LogP contribution < -0.4 is 14.2 Å². The van der Waals surface area contributed by atoms with Crippen LogP contribution in [0, 0.1) is 0 Å². The van der Waals surface area contributed by atoms with E-state index in [4.69, 9.17) is 37.4 Å². The van der Waals surface area contributed by atoms with E-state index in [1.807, 2.05) is 25.2 Å². The summed E-state index contributed by atoms with van der Waals surface area (Å²) in [6, 6.07) is 11.2. The number of ether oxygens (including phenoxy) is 3. The van der Waals surface area contributed by atoms with Crippen molar-refractivity contribution in [1.29, 1.82) is 0 Å². The third kappa shape index (κ3) is 4.22. The average molecular weight is 354 g/mol. The van der Waals surface area contributed by atoms with Crippen LogP contribution >= 0.6 is 23.2 Å². The summed E-state index contributed by atoms with van der Waals surface area (Å²) < 4.78 is 16.4. The Bertz CT molecular complexity index is 694. The quantitative estimate of drug-likeness (QED) is 0.777. The molecule has 122 valence electrons. The van der Waals surface area contributed by atoms with Crippen LogP contribution in [0.1, 0.15) is 5.56 Å². The molecule has 0 fully saturated rings. The molecule has 1 heterocycles. The fourth-order valence-electron chi connectivity index (χ4n) is 2.33. The van der Waals surface area contributed by atoms with Gasteiger partial charge in [0.25, 0.3) is 0 Å². The predicted octanol–water partition coefficient (Wildman–Crippen LogP) is 4.23. The Morgan fingerprint density at radius 2 is 1.91 bits per heavy atom.